The Kier molecular flexibility index (Phi) is 3.45. The van der Waals surface area contributed by atoms with Gasteiger partial charge < -0.3 is 4.84 Å². The van der Waals surface area contributed by atoms with Crippen LogP contribution in [-0.2, 0) is 4.84 Å². The van der Waals surface area contributed by atoms with E-state index in [1.165, 1.54) is 43.2 Å². The van der Waals surface area contributed by atoms with Gasteiger partial charge in [0, 0.05) is 5.56 Å². The summed E-state index contributed by atoms with van der Waals surface area (Å²) in [5.41, 5.74) is 3.66. The average molecular weight is 291 g/mol. The van der Waals surface area contributed by atoms with Gasteiger partial charge in [-0.25, -0.2) is 0 Å². The average Bonchev–Trinajstić information content (AvgIpc) is 2.95. The zero-order valence-electron chi connectivity index (χ0n) is 12.7. The van der Waals surface area contributed by atoms with Crippen LogP contribution in [0, 0.1) is 5.41 Å². The number of oxime groups is 1. The van der Waals surface area contributed by atoms with Crippen LogP contribution in [0.15, 0.2) is 65.8 Å². The smallest absolute Gasteiger partial charge is 0.163 e. The van der Waals surface area contributed by atoms with Gasteiger partial charge in [0.05, 0.1) is 11.1 Å². The fourth-order valence-electron chi connectivity index (χ4n) is 4.05. The molecular formula is C20H21NO. The zero-order chi connectivity index (χ0) is 14.8. The first-order valence-corrected chi connectivity index (χ1v) is 8.25. The summed E-state index contributed by atoms with van der Waals surface area (Å²) in [7, 11) is 0. The monoisotopic (exact) mass is 291 g/mol. The summed E-state index contributed by atoms with van der Waals surface area (Å²) in [6.45, 7) is 0. The molecule has 1 unspecified atom stereocenters. The molecule has 1 heterocycles. The third kappa shape index (κ3) is 2.14. The maximum Gasteiger partial charge on any atom is 0.163 e. The maximum absolute atomic E-state index is 5.99. The van der Waals surface area contributed by atoms with Gasteiger partial charge in [-0.15, -0.1) is 0 Å². The van der Waals surface area contributed by atoms with Crippen molar-refractivity contribution in [3.63, 3.8) is 0 Å². The summed E-state index contributed by atoms with van der Waals surface area (Å²) in [4.78, 5) is 5.99. The van der Waals surface area contributed by atoms with Crippen LogP contribution in [0.2, 0.25) is 0 Å². The van der Waals surface area contributed by atoms with Crippen molar-refractivity contribution in [1.29, 1.82) is 0 Å². The molecule has 2 nitrogen and oxygen atoms in total. The molecule has 112 valence electrons. The van der Waals surface area contributed by atoms with Crippen molar-refractivity contribution < 1.29 is 4.84 Å². The van der Waals surface area contributed by atoms with Crippen LogP contribution in [0.1, 0.15) is 49.3 Å². The molecule has 0 amide bonds. The van der Waals surface area contributed by atoms with E-state index in [1.54, 1.807) is 0 Å². The van der Waals surface area contributed by atoms with E-state index >= 15 is 0 Å². The van der Waals surface area contributed by atoms with Crippen molar-refractivity contribution in [2.75, 3.05) is 0 Å². The van der Waals surface area contributed by atoms with Gasteiger partial charge in [0.15, 0.2) is 6.10 Å². The molecule has 2 aromatic rings. The summed E-state index contributed by atoms with van der Waals surface area (Å²) in [6.07, 6.45) is 6.24. The Morgan fingerprint density at radius 2 is 1.45 bits per heavy atom. The number of hydrogen-bond acceptors (Lipinski definition) is 2. The normalized spacial score (nSPS) is 23.1. The van der Waals surface area contributed by atoms with Crippen molar-refractivity contribution in [2.45, 2.75) is 38.2 Å². The van der Waals surface area contributed by atoms with Crippen LogP contribution in [0.4, 0.5) is 0 Å². The predicted molar refractivity (Wildman–Crippen MR) is 88.8 cm³/mol. The molecule has 0 aromatic heterocycles. The van der Waals surface area contributed by atoms with Crippen molar-refractivity contribution in [2.24, 2.45) is 10.6 Å². The maximum atomic E-state index is 5.99. The fraction of sp³-hybridized carbons (Fsp3) is 0.350. The Hall–Kier alpha value is -2.09. The minimum absolute atomic E-state index is 0.0426. The highest BCUT2D eigenvalue weighted by Crippen LogP contribution is 2.53. The van der Waals surface area contributed by atoms with Crippen LogP contribution in [0.5, 0.6) is 0 Å². The Morgan fingerprint density at radius 3 is 2.14 bits per heavy atom. The molecular weight excluding hydrogens is 270 g/mol. The molecule has 1 fully saturated rings. The first-order chi connectivity index (χ1) is 10.9. The third-order valence-corrected chi connectivity index (χ3v) is 5.12. The molecule has 0 N–H and O–H groups in total. The molecule has 1 spiro atoms. The van der Waals surface area contributed by atoms with Gasteiger partial charge in [-0.2, -0.15) is 0 Å². The Morgan fingerprint density at radius 1 is 0.818 bits per heavy atom. The molecule has 4 rings (SSSR count). The Balaban J connectivity index is 1.77. The first kappa shape index (κ1) is 13.6. The molecule has 22 heavy (non-hydrogen) atoms. The number of benzene rings is 2. The predicted octanol–water partition coefficient (Wildman–Crippen LogP) is 5.11. The van der Waals surface area contributed by atoms with Crippen molar-refractivity contribution in [3.05, 3.63) is 71.8 Å². The van der Waals surface area contributed by atoms with Crippen LogP contribution >= 0.6 is 0 Å². The number of rotatable bonds is 2. The van der Waals surface area contributed by atoms with Crippen molar-refractivity contribution in [3.8, 4) is 0 Å². The van der Waals surface area contributed by atoms with Crippen LogP contribution in [0.25, 0.3) is 0 Å². The highest BCUT2D eigenvalue weighted by Gasteiger charge is 2.51. The zero-order valence-corrected chi connectivity index (χ0v) is 12.7. The topological polar surface area (TPSA) is 21.6 Å². The van der Waals surface area contributed by atoms with Gasteiger partial charge in [-0.1, -0.05) is 85.1 Å². The van der Waals surface area contributed by atoms with E-state index in [-0.39, 0.29) is 11.5 Å². The molecule has 2 aliphatic rings. The fourth-order valence-corrected chi connectivity index (χ4v) is 4.05. The minimum Gasteiger partial charge on any atom is -0.386 e. The lowest BCUT2D eigenvalue weighted by molar-refractivity contribution is 0.00718. The Bertz CT molecular complexity index is 657. The van der Waals surface area contributed by atoms with Crippen molar-refractivity contribution >= 4 is 5.71 Å². The summed E-state index contributed by atoms with van der Waals surface area (Å²) >= 11 is 0. The number of hydrogen-bond donors (Lipinski definition) is 0. The van der Waals surface area contributed by atoms with Gasteiger partial charge in [-0.3, -0.25) is 0 Å². The van der Waals surface area contributed by atoms with Gasteiger partial charge in [-0.05, 0) is 18.4 Å². The van der Waals surface area contributed by atoms with Crippen molar-refractivity contribution in [1.82, 2.24) is 0 Å². The van der Waals surface area contributed by atoms with E-state index in [0.717, 1.165) is 5.71 Å². The van der Waals surface area contributed by atoms with Crippen LogP contribution in [-0.4, -0.2) is 5.71 Å². The highest BCUT2D eigenvalue weighted by molar-refractivity contribution is 6.05. The van der Waals surface area contributed by atoms with Gasteiger partial charge in [0.2, 0.25) is 0 Å². The van der Waals surface area contributed by atoms with Gasteiger partial charge >= 0.3 is 0 Å². The summed E-state index contributed by atoms with van der Waals surface area (Å²) in [5.74, 6) is 0. The van der Waals surface area contributed by atoms with Gasteiger partial charge in [0.1, 0.15) is 0 Å². The lowest BCUT2D eigenvalue weighted by atomic mass is 9.64. The molecule has 0 radical (unpaired) electrons. The van der Waals surface area contributed by atoms with E-state index in [9.17, 15) is 0 Å². The second-order valence-corrected chi connectivity index (χ2v) is 6.42. The van der Waals surface area contributed by atoms with E-state index in [2.05, 4.69) is 65.8 Å². The molecule has 0 bridgehead atoms. The standard InChI is InChI=1S/C20H21NO/c1-4-10-16(11-5-1)18-20(14-8-3-9-15-20)19(22-21-18)17-12-6-2-7-13-17/h1-2,4-7,10-13,19H,3,8-9,14-15H2. The van der Waals surface area contributed by atoms with Crippen LogP contribution in [0.3, 0.4) is 0 Å². The van der Waals surface area contributed by atoms with Crippen LogP contribution < -0.4 is 0 Å². The largest absolute Gasteiger partial charge is 0.386 e. The highest BCUT2D eigenvalue weighted by atomic mass is 16.6. The van der Waals surface area contributed by atoms with E-state index in [1.807, 2.05) is 0 Å². The molecule has 1 saturated carbocycles. The van der Waals surface area contributed by atoms with Gasteiger partial charge in [0.25, 0.3) is 0 Å². The van der Waals surface area contributed by atoms with E-state index < -0.39 is 0 Å². The third-order valence-electron chi connectivity index (χ3n) is 5.12. The lowest BCUT2D eigenvalue weighted by Crippen LogP contribution is -2.36. The quantitative estimate of drug-likeness (QED) is 0.753. The van der Waals surface area contributed by atoms with E-state index in [0.29, 0.717) is 0 Å². The Labute approximate surface area is 131 Å². The minimum atomic E-state index is 0.0426. The molecule has 1 atom stereocenters. The second kappa shape index (κ2) is 5.60. The molecule has 2 aromatic carbocycles. The summed E-state index contributed by atoms with van der Waals surface area (Å²) in [5, 5.41) is 4.56. The molecule has 2 heteroatoms. The molecule has 1 aliphatic heterocycles. The lowest BCUT2D eigenvalue weighted by Gasteiger charge is -2.37. The molecule has 1 aliphatic carbocycles. The summed E-state index contributed by atoms with van der Waals surface area (Å²) in [6, 6.07) is 21.1. The first-order valence-electron chi connectivity index (χ1n) is 8.25. The second-order valence-electron chi connectivity index (χ2n) is 6.42. The van der Waals surface area contributed by atoms with E-state index in [4.69, 9.17) is 4.84 Å². The number of nitrogens with zero attached hydrogens (tertiary/aromatic N) is 1. The SMILES string of the molecule is c1ccc(C2=NOC(c3ccccc3)C23CCCCC3)cc1. The molecule has 0 saturated heterocycles. The summed E-state index contributed by atoms with van der Waals surface area (Å²) < 4.78 is 0.